The molecule has 0 unspecified atom stereocenters. The highest BCUT2D eigenvalue weighted by Gasteiger charge is 2.20. The monoisotopic (exact) mass is 371 g/mol. The molecule has 26 heavy (non-hydrogen) atoms. The van der Waals surface area contributed by atoms with E-state index in [2.05, 4.69) is 66.4 Å². The molecule has 0 saturated carbocycles. The maximum absolute atomic E-state index is 4.88. The summed E-state index contributed by atoms with van der Waals surface area (Å²) in [5, 5.41) is 3.51. The van der Waals surface area contributed by atoms with E-state index in [0.717, 1.165) is 25.4 Å². The molecule has 1 fully saturated rings. The fourth-order valence-corrected chi connectivity index (χ4v) is 4.63. The van der Waals surface area contributed by atoms with Crippen LogP contribution in [-0.4, -0.2) is 48.0 Å². The van der Waals surface area contributed by atoms with E-state index in [4.69, 9.17) is 4.98 Å². The first-order valence-corrected chi connectivity index (χ1v) is 10.9. The Hall–Kier alpha value is -1.23. The van der Waals surface area contributed by atoms with Gasteiger partial charge in [-0.3, -0.25) is 4.90 Å². The number of piperidine rings is 1. The van der Waals surface area contributed by atoms with E-state index in [1.54, 1.807) is 0 Å². The summed E-state index contributed by atoms with van der Waals surface area (Å²) in [4.78, 5) is 9.98. The van der Waals surface area contributed by atoms with Gasteiger partial charge in [-0.05, 0) is 56.8 Å². The Bertz CT molecular complexity index is 644. The van der Waals surface area contributed by atoms with Crippen LogP contribution in [0.3, 0.4) is 0 Å². The maximum atomic E-state index is 4.88. The van der Waals surface area contributed by atoms with Gasteiger partial charge >= 0.3 is 0 Å². The van der Waals surface area contributed by atoms with Crippen LogP contribution in [0.2, 0.25) is 0 Å². The van der Waals surface area contributed by atoms with Crippen molar-refractivity contribution in [2.24, 2.45) is 5.92 Å². The maximum Gasteiger partial charge on any atom is 0.107 e. The van der Waals surface area contributed by atoms with Crippen molar-refractivity contribution in [1.29, 1.82) is 0 Å². The van der Waals surface area contributed by atoms with Crippen molar-refractivity contribution in [2.45, 2.75) is 45.6 Å². The van der Waals surface area contributed by atoms with Gasteiger partial charge in [-0.1, -0.05) is 44.2 Å². The Balaban J connectivity index is 1.61. The van der Waals surface area contributed by atoms with Crippen molar-refractivity contribution in [3.8, 4) is 0 Å². The molecule has 1 aromatic heterocycles. The zero-order valence-electron chi connectivity index (χ0n) is 16.5. The summed E-state index contributed by atoms with van der Waals surface area (Å²) in [6.45, 7) is 10.3. The van der Waals surface area contributed by atoms with Gasteiger partial charge in [-0.15, -0.1) is 11.3 Å². The molecular formula is C22H33N3S. The zero-order valence-corrected chi connectivity index (χ0v) is 17.3. The van der Waals surface area contributed by atoms with Gasteiger partial charge < -0.3 is 4.90 Å². The average molecular weight is 372 g/mol. The minimum absolute atomic E-state index is 0.520. The number of likely N-dealkylation sites (tertiary alicyclic amines) is 1. The van der Waals surface area contributed by atoms with Gasteiger partial charge in [0.1, 0.15) is 5.01 Å². The highest BCUT2D eigenvalue weighted by molar-refractivity contribution is 7.09. The van der Waals surface area contributed by atoms with Gasteiger partial charge in [0.2, 0.25) is 0 Å². The summed E-state index contributed by atoms with van der Waals surface area (Å²) >= 11 is 1.83. The lowest BCUT2D eigenvalue weighted by Gasteiger charge is -2.33. The molecule has 4 heteroatoms. The third kappa shape index (κ3) is 5.90. The molecular weight excluding hydrogens is 338 g/mol. The number of hydrogen-bond acceptors (Lipinski definition) is 4. The molecule has 0 N–H and O–H groups in total. The van der Waals surface area contributed by atoms with Crippen LogP contribution in [0, 0.1) is 5.92 Å². The highest BCUT2D eigenvalue weighted by Crippen LogP contribution is 2.22. The minimum atomic E-state index is 0.520. The van der Waals surface area contributed by atoms with Gasteiger partial charge in [-0.2, -0.15) is 0 Å². The zero-order chi connectivity index (χ0) is 18.4. The number of benzene rings is 1. The van der Waals surface area contributed by atoms with E-state index < -0.39 is 0 Å². The van der Waals surface area contributed by atoms with E-state index in [0.29, 0.717) is 5.92 Å². The molecule has 1 aliphatic heterocycles. The second-order valence-corrected chi connectivity index (χ2v) is 8.98. The number of hydrogen-bond donors (Lipinski definition) is 0. The molecule has 3 nitrogen and oxygen atoms in total. The van der Waals surface area contributed by atoms with Crippen molar-refractivity contribution in [1.82, 2.24) is 14.8 Å². The lowest BCUT2D eigenvalue weighted by atomic mass is 9.96. The van der Waals surface area contributed by atoms with E-state index in [-0.39, 0.29) is 0 Å². The predicted molar refractivity (Wildman–Crippen MR) is 112 cm³/mol. The molecule has 0 amide bonds. The van der Waals surface area contributed by atoms with Crippen molar-refractivity contribution in [3.63, 3.8) is 0 Å². The van der Waals surface area contributed by atoms with E-state index >= 15 is 0 Å². The molecule has 0 bridgehead atoms. The summed E-state index contributed by atoms with van der Waals surface area (Å²) in [5.74, 6) is 1.35. The van der Waals surface area contributed by atoms with Crippen LogP contribution < -0.4 is 0 Å². The molecule has 0 spiro atoms. The number of aromatic nitrogens is 1. The summed E-state index contributed by atoms with van der Waals surface area (Å²) in [6, 6.07) is 10.9. The Morgan fingerprint density at radius 1 is 1.19 bits per heavy atom. The van der Waals surface area contributed by atoms with Crippen molar-refractivity contribution < 1.29 is 0 Å². The second-order valence-electron chi connectivity index (χ2n) is 8.04. The van der Waals surface area contributed by atoms with Crippen LogP contribution >= 0.6 is 11.3 Å². The third-order valence-electron chi connectivity index (χ3n) is 5.43. The molecule has 2 heterocycles. The van der Waals surface area contributed by atoms with Gasteiger partial charge in [0.25, 0.3) is 0 Å². The minimum Gasteiger partial charge on any atom is -0.306 e. The molecule has 0 aliphatic carbocycles. The van der Waals surface area contributed by atoms with Crippen LogP contribution in [0.25, 0.3) is 0 Å². The SMILES string of the molecule is CC(C)c1csc(CN(CCc2ccccc2)CC2CCN(C)CC2)n1. The highest BCUT2D eigenvalue weighted by atomic mass is 32.1. The van der Waals surface area contributed by atoms with E-state index in [1.807, 2.05) is 11.3 Å². The predicted octanol–water partition coefficient (Wildman–Crippen LogP) is 4.65. The summed E-state index contributed by atoms with van der Waals surface area (Å²) < 4.78 is 0. The first kappa shape index (κ1) is 19.5. The normalized spacial score (nSPS) is 16.7. The smallest absolute Gasteiger partial charge is 0.107 e. The van der Waals surface area contributed by atoms with Gasteiger partial charge in [0, 0.05) is 18.5 Å². The quantitative estimate of drug-likeness (QED) is 0.673. The number of rotatable bonds is 8. The van der Waals surface area contributed by atoms with Crippen molar-refractivity contribution in [3.05, 3.63) is 52.0 Å². The third-order valence-corrected chi connectivity index (χ3v) is 6.29. The van der Waals surface area contributed by atoms with E-state index in [1.165, 1.54) is 48.7 Å². The largest absolute Gasteiger partial charge is 0.306 e. The van der Waals surface area contributed by atoms with Crippen molar-refractivity contribution >= 4 is 11.3 Å². The molecule has 1 aromatic carbocycles. The van der Waals surface area contributed by atoms with Crippen LogP contribution in [0.15, 0.2) is 35.7 Å². The Morgan fingerprint density at radius 2 is 1.92 bits per heavy atom. The summed E-state index contributed by atoms with van der Waals surface area (Å²) in [7, 11) is 2.24. The fourth-order valence-electron chi connectivity index (χ4n) is 3.63. The first-order valence-electron chi connectivity index (χ1n) is 9.99. The molecule has 142 valence electrons. The molecule has 0 atom stereocenters. The van der Waals surface area contributed by atoms with Crippen LogP contribution in [0.1, 0.15) is 48.9 Å². The van der Waals surface area contributed by atoms with Gasteiger partial charge in [-0.25, -0.2) is 4.98 Å². The number of nitrogens with zero attached hydrogens (tertiary/aromatic N) is 3. The Labute approximate surface area is 163 Å². The fraction of sp³-hybridized carbons (Fsp3) is 0.591. The molecule has 0 radical (unpaired) electrons. The lowest BCUT2D eigenvalue weighted by molar-refractivity contribution is 0.157. The van der Waals surface area contributed by atoms with Crippen LogP contribution in [0.4, 0.5) is 0 Å². The van der Waals surface area contributed by atoms with Crippen LogP contribution in [0.5, 0.6) is 0 Å². The number of thiazole rings is 1. The van der Waals surface area contributed by atoms with Crippen LogP contribution in [-0.2, 0) is 13.0 Å². The molecule has 3 rings (SSSR count). The lowest BCUT2D eigenvalue weighted by Crippen LogP contribution is -2.37. The van der Waals surface area contributed by atoms with Gasteiger partial charge in [0.05, 0.1) is 12.2 Å². The van der Waals surface area contributed by atoms with Crippen molar-refractivity contribution in [2.75, 3.05) is 33.2 Å². The molecule has 1 saturated heterocycles. The second kappa shape index (κ2) is 9.63. The molecule has 1 aliphatic rings. The summed E-state index contributed by atoms with van der Waals surface area (Å²) in [6.07, 6.45) is 3.77. The van der Waals surface area contributed by atoms with Gasteiger partial charge in [0.15, 0.2) is 0 Å². The summed E-state index contributed by atoms with van der Waals surface area (Å²) in [5.41, 5.74) is 2.68. The molecule has 2 aromatic rings. The first-order chi connectivity index (χ1) is 12.6. The topological polar surface area (TPSA) is 19.4 Å². The average Bonchev–Trinajstić information content (AvgIpc) is 3.11. The van der Waals surface area contributed by atoms with E-state index in [9.17, 15) is 0 Å². The Kier molecular flexibility index (Phi) is 7.23. The standard InChI is InChI=1S/C22H33N3S/c1-18(2)21-17-26-22(23-21)16-25(14-11-19-7-5-4-6-8-19)15-20-9-12-24(3)13-10-20/h4-8,17-18,20H,9-16H2,1-3H3. The Morgan fingerprint density at radius 3 is 2.58 bits per heavy atom.